The van der Waals surface area contributed by atoms with Gasteiger partial charge in [-0.05, 0) is 6.07 Å². The predicted molar refractivity (Wildman–Crippen MR) is 66.9 cm³/mol. The lowest BCUT2D eigenvalue weighted by Crippen LogP contribution is -2.32. The zero-order valence-corrected chi connectivity index (χ0v) is 10.4. The second-order valence-corrected chi connectivity index (χ2v) is 3.77. The number of carboxylic acid groups (broad SMARTS) is 2. The average molecular weight is 284 g/mol. The zero-order valence-electron chi connectivity index (χ0n) is 10.4. The van der Waals surface area contributed by atoms with Crippen molar-refractivity contribution in [2.45, 2.75) is 12.5 Å². The van der Waals surface area contributed by atoms with E-state index in [1.54, 1.807) is 0 Å². The number of hydrogen-bond acceptors (Lipinski definition) is 6. The Balaban J connectivity index is 3.12. The minimum Gasteiger partial charge on any atom is -0.497 e. The first kappa shape index (κ1) is 15.2. The molecule has 108 valence electrons. The molecule has 1 unspecified atom stereocenters. The fraction of sp³-hybridized carbons (Fsp3) is 0.273. The van der Waals surface area contributed by atoms with Gasteiger partial charge in [-0.15, -0.1) is 0 Å². The molecule has 9 nitrogen and oxygen atoms in total. The molecule has 0 aliphatic heterocycles. The summed E-state index contributed by atoms with van der Waals surface area (Å²) in [5, 5.41) is 30.7. The maximum atomic E-state index is 10.9. The van der Waals surface area contributed by atoms with Crippen LogP contribution in [0.5, 0.6) is 5.75 Å². The van der Waals surface area contributed by atoms with E-state index in [-0.39, 0.29) is 17.1 Å². The Morgan fingerprint density at radius 3 is 2.55 bits per heavy atom. The van der Waals surface area contributed by atoms with Gasteiger partial charge in [0.15, 0.2) is 0 Å². The average Bonchev–Trinajstić information content (AvgIpc) is 2.36. The molecule has 0 heterocycles. The number of hydrogen-bond donors (Lipinski definition) is 3. The van der Waals surface area contributed by atoms with E-state index in [2.05, 4.69) is 5.32 Å². The molecule has 0 radical (unpaired) electrons. The number of benzene rings is 1. The summed E-state index contributed by atoms with van der Waals surface area (Å²) in [6, 6.07) is 2.23. The van der Waals surface area contributed by atoms with E-state index >= 15 is 0 Å². The summed E-state index contributed by atoms with van der Waals surface area (Å²) in [5.41, 5.74) is -0.495. The third-order valence-corrected chi connectivity index (χ3v) is 2.41. The van der Waals surface area contributed by atoms with Gasteiger partial charge < -0.3 is 20.3 Å². The van der Waals surface area contributed by atoms with E-state index < -0.39 is 29.3 Å². The quantitative estimate of drug-likeness (QED) is 0.496. The minimum absolute atomic E-state index is 0.122. The molecule has 1 atom stereocenters. The molecule has 0 spiro atoms. The Bertz CT molecular complexity index is 544. The summed E-state index contributed by atoms with van der Waals surface area (Å²) >= 11 is 0. The number of ether oxygens (including phenoxy) is 1. The van der Waals surface area contributed by atoms with Crippen LogP contribution >= 0.6 is 0 Å². The molecule has 0 fully saturated rings. The summed E-state index contributed by atoms with van der Waals surface area (Å²) in [7, 11) is 1.34. The van der Waals surface area contributed by atoms with Gasteiger partial charge in [0, 0.05) is 12.1 Å². The standard InChI is InChI=1S/C11H12N2O7/c1-20-6-2-3-9(13(18)19)7(4-6)12-8(11(16)17)5-10(14)15/h2-4,8,12H,5H2,1H3,(H,14,15)(H,16,17). The lowest BCUT2D eigenvalue weighted by atomic mass is 10.1. The van der Waals surface area contributed by atoms with Crippen molar-refractivity contribution in [3.05, 3.63) is 28.3 Å². The summed E-state index contributed by atoms with van der Waals surface area (Å²) in [4.78, 5) is 31.7. The molecule has 0 saturated heterocycles. The zero-order chi connectivity index (χ0) is 15.3. The Kier molecular flexibility index (Phi) is 4.84. The van der Waals surface area contributed by atoms with Gasteiger partial charge in [-0.25, -0.2) is 4.79 Å². The second kappa shape index (κ2) is 6.36. The predicted octanol–water partition coefficient (Wildman–Crippen LogP) is 0.943. The molecular weight excluding hydrogens is 272 g/mol. The maximum absolute atomic E-state index is 10.9. The Morgan fingerprint density at radius 2 is 2.10 bits per heavy atom. The van der Waals surface area contributed by atoms with E-state index in [1.807, 2.05) is 0 Å². The Hall–Kier alpha value is -2.84. The molecule has 20 heavy (non-hydrogen) atoms. The van der Waals surface area contributed by atoms with Crippen molar-refractivity contribution in [1.29, 1.82) is 0 Å². The van der Waals surface area contributed by atoms with Crippen LogP contribution in [0.2, 0.25) is 0 Å². The van der Waals surface area contributed by atoms with E-state index in [0.29, 0.717) is 0 Å². The highest BCUT2D eigenvalue weighted by atomic mass is 16.6. The number of anilines is 1. The summed E-state index contributed by atoms with van der Waals surface area (Å²) in [6.07, 6.45) is -0.719. The van der Waals surface area contributed by atoms with Crippen molar-refractivity contribution in [3.8, 4) is 5.75 Å². The number of nitro groups is 1. The highest BCUT2D eigenvalue weighted by Crippen LogP contribution is 2.29. The SMILES string of the molecule is COc1ccc([N+](=O)[O-])c(NC(CC(=O)O)C(=O)O)c1. The van der Waals surface area contributed by atoms with Crippen molar-refractivity contribution in [2.75, 3.05) is 12.4 Å². The number of carboxylic acids is 2. The molecule has 1 rings (SSSR count). The lowest BCUT2D eigenvalue weighted by Gasteiger charge is -2.14. The van der Waals surface area contributed by atoms with Gasteiger partial charge in [0.1, 0.15) is 17.5 Å². The number of carbonyl (C=O) groups is 2. The van der Waals surface area contributed by atoms with Crippen molar-refractivity contribution < 1.29 is 29.5 Å². The fourth-order valence-electron chi connectivity index (χ4n) is 1.48. The molecule has 0 aliphatic rings. The second-order valence-electron chi connectivity index (χ2n) is 3.77. The van der Waals surface area contributed by atoms with Crippen LogP contribution < -0.4 is 10.1 Å². The summed E-state index contributed by atoms with van der Waals surface area (Å²) < 4.78 is 4.89. The van der Waals surface area contributed by atoms with E-state index in [1.165, 1.54) is 19.2 Å². The minimum atomic E-state index is -1.49. The van der Waals surface area contributed by atoms with E-state index in [0.717, 1.165) is 6.07 Å². The van der Waals surface area contributed by atoms with Gasteiger partial charge in [0.25, 0.3) is 5.69 Å². The Morgan fingerprint density at radius 1 is 1.45 bits per heavy atom. The van der Waals surface area contributed by atoms with Crippen molar-refractivity contribution in [2.24, 2.45) is 0 Å². The molecule has 0 aliphatic carbocycles. The van der Waals surface area contributed by atoms with Gasteiger partial charge >= 0.3 is 11.9 Å². The topological polar surface area (TPSA) is 139 Å². The van der Waals surface area contributed by atoms with Gasteiger partial charge in [0.05, 0.1) is 18.5 Å². The van der Waals surface area contributed by atoms with Crippen LogP contribution in [0, 0.1) is 10.1 Å². The molecule has 3 N–H and O–H groups in total. The molecule has 0 saturated carbocycles. The highest BCUT2D eigenvalue weighted by Gasteiger charge is 2.24. The van der Waals surface area contributed by atoms with Crippen LogP contribution in [0.25, 0.3) is 0 Å². The van der Waals surface area contributed by atoms with Crippen molar-refractivity contribution in [3.63, 3.8) is 0 Å². The normalized spacial score (nSPS) is 11.4. The first-order chi connectivity index (χ1) is 9.35. The third kappa shape index (κ3) is 3.83. The molecule has 0 aromatic heterocycles. The first-order valence-electron chi connectivity index (χ1n) is 5.38. The Labute approximate surface area is 112 Å². The number of nitro benzene ring substituents is 1. The molecule has 1 aromatic rings. The van der Waals surface area contributed by atoms with Gasteiger partial charge in [-0.2, -0.15) is 0 Å². The first-order valence-corrected chi connectivity index (χ1v) is 5.38. The lowest BCUT2D eigenvalue weighted by molar-refractivity contribution is -0.384. The largest absolute Gasteiger partial charge is 0.497 e. The van der Waals surface area contributed by atoms with Crippen LogP contribution in [0.15, 0.2) is 18.2 Å². The van der Waals surface area contributed by atoms with Crippen LogP contribution in [-0.4, -0.2) is 40.2 Å². The number of aliphatic carboxylic acids is 2. The molecule has 0 bridgehead atoms. The smallest absolute Gasteiger partial charge is 0.326 e. The van der Waals surface area contributed by atoms with E-state index in [9.17, 15) is 19.7 Å². The van der Waals surface area contributed by atoms with Crippen molar-refractivity contribution in [1.82, 2.24) is 0 Å². The van der Waals surface area contributed by atoms with Crippen LogP contribution in [0.1, 0.15) is 6.42 Å². The van der Waals surface area contributed by atoms with Gasteiger partial charge in [-0.1, -0.05) is 0 Å². The molecule has 9 heteroatoms. The van der Waals surface area contributed by atoms with Gasteiger partial charge in [-0.3, -0.25) is 14.9 Å². The maximum Gasteiger partial charge on any atom is 0.326 e. The van der Waals surface area contributed by atoms with Crippen molar-refractivity contribution >= 4 is 23.3 Å². The number of rotatable bonds is 7. The summed E-state index contributed by atoms with van der Waals surface area (Å²) in [6.45, 7) is 0. The number of methoxy groups -OCH3 is 1. The van der Waals surface area contributed by atoms with E-state index in [4.69, 9.17) is 14.9 Å². The van der Waals surface area contributed by atoms with Gasteiger partial charge in [0.2, 0.25) is 0 Å². The van der Waals surface area contributed by atoms with Crippen LogP contribution in [0.4, 0.5) is 11.4 Å². The molecule has 0 amide bonds. The highest BCUT2D eigenvalue weighted by molar-refractivity contribution is 5.84. The molecule has 1 aromatic carbocycles. The number of nitrogens with one attached hydrogen (secondary N) is 1. The number of nitrogens with zero attached hydrogens (tertiary/aromatic N) is 1. The van der Waals surface area contributed by atoms with Crippen LogP contribution in [0.3, 0.4) is 0 Å². The monoisotopic (exact) mass is 284 g/mol. The van der Waals surface area contributed by atoms with Crippen LogP contribution in [-0.2, 0) is 9.59 Å². The molecular formula is C11H12N2O7. The summed E-state index contributed by atoms with van der Waals surface area (Å²) in [5.74, 6) is -2.49. The fourth-order valence-corrected chi connectivity index (χ4v) is 1.48. The third-order valence-electron chi connectivity index (χ3n) is 2.41.